The van der Waals surface area contributed by atoms with E-state index in [1.54, 1.807) is 6.07 Å². The monoisotopic (exact) mass is 442 g/mol. The number of ether oxygens (including phenoxy) is 1. The molecule has 0 fully saturated rings. The van der Waals surface area contributed by atoms with Crippen molar-refractivity contribution in [2.75, 3.05) is 6.61 Å². The second-order valence-electron chi connectivity index (χ2n) is 8.07. The Morgan fingerprint density at radius 2 is 1.61 bits per heavy atom. The number of nitrogens with zero attached hydrogens (tertiary/aromatic N) is 1. The van der Waals surface area contributed by atoms with Crippen LogP contribution in [0.2, 0.25) is 0 Å². The molecule has 6 heteroatoms. The van der Waals surface area contributed by atoms with Crippen LogP contribution in [0.15, 0.2) is 84.0 Å². The molecule has 168 valence electrons. The predicted molar refractivity (Wildman–Crippen MR) is 126 cm³/mol. The van der Waals surface area contributed by atoms with E-state index in [0.717, 1.165) is 35.1 Å². The van der Waals surface area contributed by atoms with Gasteiger partial charge in [-0.3, -0.25) is 4.79 Å². The summed E-state index contributed by atoms with van der Waals surface area (Å²) in [6, 6.07) is 25.1. The molecule has 4 rings (SSSR count). The van der Waals surface area contributed by atoms with Crippen LogP contribution in [0.5, 0.6) is 5.75 Å². The number of fused-ring (bicyclic) bond motifs is 1. The number of hydrogen-bond acceptors (Lipinski definition) is 5. The van der Waals surface area contributed by atoms with Crippen LogP contribution in [0.3, 0.4) is 0 Å². The van der Waals surface area contributed by atoms with Crippen molar-refractivity contribution in [3.8, 4) is 5.75 Å². The molecule has 1 amide bonds. The normalized spacial score (nSPS) is 14.6. The molecule has 0 saturated heterocycles. The van der Waals surface area contributed by atoms with Gasteiger partial charge in [-0.2, -0.15) is 5.10 Å². The Labute approximate surface area is 192 Å². The van der Waals surface area contributed by atoms with Gasteiger partial charge in [-0.1, -0.05) is 72.8 Å². The maximum Gasteiger partial charge on any atom is 0.337 e. The van der Waals surface area contributed by atoms with Crippen molar-refractivity contribution in [3.63, 3.8) is 0 Å². The second-order valence-corrected chi connectivity index (χ2v) is 8.07. The lowest BCUT2D eigenvalue weighted by atomic mass is 9.82. The molecule has 6 nitrogen and oxygen atoms in total. The van der Waals surface area contributed by atoms with Crippen molar-refractivity contribution in [1.29, 1.82) is 0 Å². The molecule has 33 heavy (non-hydrogen) atoms. The fourth-order valence-electron chi connectivity index (χ4n) is 4.19. The first-order valence-electron chi connectivity index (χ1n) is 11.0. The number of hydrazone groups is 1. The molecule has 2 N–H and O–H groups in total. The summed E-state index contributed by atoms with van der Waals surface area (Å²) in [5.74, 6) is -0.131. The Balaban J connectivity index is 1.43. The van der Waals surface area contributed by atoms with Crippen LogP contribution in [-0.2, 0) is 22.4 Å². The second kappa shape index (κ2) is 10.7. The molecule has 0 bridgehead atoms. The third-order valence-electron chi connectivity index (χ3n) is 5.76. The zero-order valence-electron chi connectivity index (χ0n) is 18.2. The number of nitrogens with one attached hydrogen (secondary N) is 1. The lowest BCUT2D eigenvalue weighted by Crippen LogP contribution is -2.26. The van der Waals surface area contributed by atoms with Gasteiger partial charge >= 0.3 is 5.97 Å². The van der Waals surface area contributed by atoms with E-state index in [1.807, 2.05) is 72.8 Å². The molecule has 0 spiro atoms. The zero-order valence-corrected chi connectivity index (χ0v) is 18.2. The van der Waals surface area contributed by atoms with E-state index >= 15 is 0 Å². The summed E-state index contributed by atoms with van der Waals surface area (Å²) < 4.78 is 5.24. The highest BCUT2D eigenvalue weighted by molar-refractivity contribution is 6.13. The molecule has 1 aliphatic carbocycles. The highest BCUT2D eigenvalue weighted by Gasteiger charge is 2.24. The minimum atomic E-state index is -0.671. The third-order valence-corrected chi connectivity index (χ3v) is 5.76. The van der Waals surface area contributed by atoms with Crippen LogP contribution in [0.4, 0.5) is 0 Å². The molecular weight excluding hydrogens is 416 g/mol. The van der Waals surface area contributed by atoms with Crippen molar-refractivity contribution in [1.82, 2.24) is 5.43 Å². The lowest BCUT2D eigenvalue weighted by Gasteiger charge is -2.25. The van der Waals surface area contributed by atoms with E-state index in [-0.39, 0.29) is 11.8 Å². The molecule has 0 aliphatic heterocycles. The number of aliphatic hydroxyl groups is 1. The zero-order chi connectivity index (χ0) is 23.0. The Morgan fingerprint density at radius 1 is 0.939 bits per heavy atom. The Bertz CT molecular complexity index is 1100. The molecular formula is C27H26N2O4. The fraction of sp³-hybridized carbons (Fsp3) is 0.222. The van der Waals surface area contributed by atoms with Crippen molar-refractivity contribution in [2.24, 2.45) is 11.0 Å². The summed E-state index contributed by atoms with van der Waals surface area (Å²) in [5, 5.41) is 13.4. The summed E-state index contributed by atoms with van der Waals surface area (Å²) in [4.78, 5) is 24.2. The van der Waals surface area contributed by atoms with Crippen LogP contribution in [0.25, 0.3) is 0 Å². The van der Waals surface area contributed by atoms with Crippen LogP contribution >= 0.6 is 0 Å². The van der Waals surface area contributed by atoms with E-state index < -0.39 is 12.6 Å². The molecule has 1 atom stereocenters. The summed E-state index contributed by atoms with van der Waals surface area (Å²) >= 11 is 0. The number of carbonyl (C=O) groups excluding carboxylic acids is 2. The van der Waals surface area contributed by atoms with E-state index in [4.69, 9.17) is 9.84 Å². The maximum atomic E-state index is 12.7. The molecule has 3 aromatic rings. The molecule has 1 unspecified atom stereocenters. The van der Waals surface area contributed by atoms with Gasteiger partial charge in [0.05, 0.1) is 5.71 Å². The quantitative estimate of drug-likeness (QED) is 0.253. The predicted octanol–water partition coefficient (Wildman–Crippen LogP) is 3.65. The van der Waals surface area contributed by atoms with Crippen LogP contribution in [0.1, 0.15) is 35.1 Å². The average molecular weight is 443 g/mol. The van der Waals surface area contributed by atoms with Crippen molar-refractivity contribution < 1.29 is 19.4 Å². The molecule has 0 radical (unpaired) electrons. The maximum absolute atomic E-state index is 12.7. The molecule has 3 aromatic carbocycles. The Morgan fingerprint density at radius 3 is 2.24 bits per heavy atom. The van der Waals surface area contributed by atoms with Crippen LogP contribution < -0.4 is 10.2 Å². The Hall–Kier alpha value is -3.77. The molecule has 0 saturated carbocycles. The fourth-order valence-corrected chi connectivity index (χ4v) is 4.19. The number of benzene rings is 3. The largest absolute Gasteiger partial charge is 0.425 e. The van der Waals surface area contributed by atoms with Gasteiger partial charge in [0, 0.05) is 17.5 Å². The Kier molecular flexibility index (Phi) is 7.27. The van der Waals surface area contributed by atoms with Gasteiger partial charge in [-0.25, -0.2) is 10.2 Å². The molecule has 0 aromatic heterocycles. The summed E-state index contributed by atoms with van der Waals surface area (Å²) in [5.41, 5.74) is 7.37. The third kappa shape index (κ3) is 5.73. The van der Waals surface area contributed by atoms with Crippen molar-refractivity contribution in [3.05, 3.63) is 101 Å². The first kappa shape index (κ1) is 22.4. The first-order valence-corrected chi connectivity index (χ1v) is 11.0. The molecule has 1 aliphatic rings. The first-order chi connectivity index (χ1) is 16.1. The van der Waals surface area contributed by atoms with Gasteiger partial charge in [-0.15, -0.1) is 0 Å². The molecule has 0 heterocycles. The highest BCUT2D eigenvalue weighted by Crippen LogP contribution is 2.33. The summed E-state index contributed by atoms with van der Waals surface area (Å²) in [6.07, 6.45) is 2.61. The minimum absolute atomic E-state index is 0.129. The van der Waals surface area contributed by atoms with Crippen molar-refractivity contribution in [2.45, 2.75) is 25.7 Å². The topological polar surface area (TPSA) is 88.0 Å². The van der Waals surface area contributed by atoms with Crippen LogP contribution in [0, 0.1) is 5.92 Å². The minimum Gasteiger partial charge on any atom is -0.425 e. The smallest absolute Gasteiger partial charge is 0.337 e. The van der Waals surface area contributed by atoms with Gasteiger partial charge in [0.1, 0.15) is 12.4 Å². The van der Waals surface area contributed by atoms with Gasteiger partial charge < -0.3 is 9.84 Å². The standard InChI is InChI=1S/C27H26N2O4/c30-18-26(32)33-24-13-7-12-22-16-19(14-15-23(22)24)17-25(31)28-29-27(20-8-3-1-4-9-20)21-10-5-2-6-11-21/h1-13,19,30H,14-18H2,(H,28,31). The number of amides is 1. The van der Waals surface area contributed by atoms with Gasteiger partial charge in [0.15, 0.2) is 0 Å². The SMILES string of the molecule is O=C(CC1CCc2c(cccc2OC(=O)CO)C1)NN=C(c1ccccc1)c1ccccc1. The van der Waals surface area contributed by atoms with Crippen molar-refractivity contribution >= 4 is 17.6 Å². The van der Waals surface area contributed by atoms with E-state index in [2.05, 4.69) is 10.5 Å². The van der Waals surface area contributed by atoms with E-state index in [9.17, 15) is 9.59 Å². The number of rotatable bonds is 7. The average Bonchev–Trinajstić information content (AvgIpc) is 2.85. The highest BCUT2D eigenvalue weighted by atomic mass is 16.5. The van der Waals surface area contributed by atoms with E-state index in [1.165, 1.54) is 0 Å². The van der Waals surface area contributed by atoms with E-state index in [0.29, 0.717) is 24.3 Å². The lowest BCUT2D eigenvalue weighted by molar-refractivity contribution is -0.137. The summed E-state index contributed by atoms with van der Waals surface area (Å²) in [7, 11) is 0. The number of carbonyl (C=O) groups is 2. The number of hydrogen-bond donors (Lipinski definition) is 2. The van der Waals surface area contributed by atoms with Crippen LogP contribution in [-0.4, -0.2) is 29.3 Å². The summed E-state index contributed by atoms with van der Waals surface area (Å²) in [6.45, 7) is -0.652. The van der Waals surface area contributed by atoms with Gasteiger partial charge in [-0.05, 0) is 42.4 Å². The number of aliphatic hydroxyl groups excluding tert-OH is 1. The number of esters is 1. The van der Waals surface area contributed by atoms with Gasteiger partial charge in [0.2, 0.25) is 5.91 Å². The van der Waals surface area contributed by atoms with Gasteiger partial charge in [0.25, 0.3) is 0 Å².